The van der Waals surface area contributed by atoms with Crippen LogP contribution in [0.15, 0.2) is 23.2 Å². The van der Waals surface area contributed by atoms with Crippen LogP contribution in [0.4, 0.5) is 5.69 Å². The van der Waals surface area contributed by atoms with Crippen LogP contribution in [-0.2, 0) is 0 Å². The summed E-state index contributed by atoms with van der Waals surface area (Å²) < 4.78 is 5.50. The second-order valence-corrected chi connectivity index (χ2v) is 8.56. The lowest BCUT2D eigenvalue weighted by Gasteiger charge is -2.24. The summed E-state index contributed by atoms with van der Waals surface area (Å²) in [6.45, 7) is 2.90. The maximum Gasteiger partial charge on any atom is 0.191 e. The molecule has 3 rings (SSSR count). The van der Waals surface area contributed by atoms with E-state index in [1.54, 1.807) is 7.11 Å². The Kier molecular flexibility index (Phi) is 9.65. The minimum absolute atomic E-state index is 0. The zero-order chi connectivity index (χ0) is 18.4. The van der Waals surface area contributed by atoms with Crippen molar-refractivity contribution in [3.8, 4) is 5.75 Å². The van der Waals surface area contributed by atoms with Crippen molar-refractivity contribution in [1.29, 1.82) is 0 Å². The molecular weight excluding hydrogens is 495 g/mol. The molecule has 0 spiro atoms. The summed E-state index contributed by atoms with van der Waals surface area (Å²) in [5.41, 5.74) is 1.06. The summed E-state index contributed by atoms with van der Waals surface area (Å²) in [6, 6.07) is 6.15. The number of rotatable bonds is 5. The van der Waals surface area contributed by atoms with Crippen LogP contribution in [0.25, 0.3) is 0 Å². The second-order valence-electron chi connectivity index (χ2n) is 6.90. The molecule has 0 amide bonds. The molecule has 8 heteroatoms. The fourth-order valence-corrected chi connectivity index (χ4v) is 4.96. The Balaban J connectivity index is 0.00000261. The highest BCUT2D eigenvalue weighted by Gasteiger charge is 2.26. The van der Waals surface area contributed by atoms with Gasteiger partial charge < -0.3 is 20.3 Å². The Morgan fingerprint density at radius 3 is 2.81 bits per heavy atom. The topological polar surface area (TPSA) is 48.9 Å². The van der Waals surface area contributed by atoms with Crippen molar-refractivity contribution in [1.82, 2.24) is 10.6 Å². The molecule has 27 heavy (non-hydrogen) atoms. The Morgan fingerprint density at radius 1 is 1.33 bits per heavy atom. The Hall–Kier alpha value is -0.540. The fourth-order valence-electron chi connectivity index (χ4n) is 3.59. The maximum absolute atomic E-state index is 6.18. The Bertz CT molecular complexity index is 628. The lowest BCUT2D eigenvalue weighted by molar-refractivity contribution is 0.415. The van der Waals surface area contributed by atoms with Gasteiger partial charge in [0.1, 0.15) is 5.75 Å². The molecule has 5 nitrogen and oxygen atoms in total. The van der Waals surface area contributed by atoms with E-state index in [-0.39, 0.29) is 24.0 Å². The van der Waals surface area contributed by atoms with Crippen LogP contribution in [0.3, 0.4) is 0 Å². The highest BCUT2D eigenvalue weighted by molar-refractivity contribution is 14.0. The van der Waals surface area contributed by atoms with Crippen molar-refractivity contribution in [3.63, 3.8) is 0 Å². The molecular formula is C19H30ClIN4OS. The van der Waals surface area contributed by atoms with Gasteiger partial charge in [0.25, 0.3) is 0 Å². The van der Waals surface area contributed by atoms with E-state index in [1.165, 1.54) is 24.3 Å². The predicted molar refractivity (Wildman–Crippen MR) is 129 cm³/mol. The van der Waals surface area contributed by atoms with E-state index < -0.39 is 0 Å². The van der Waals surface area contributed by atoms with Crippen molar-refractivity contribution in [3.05, 3.63) is 23.2 Å². The standard InChI is InChI=1S/C19H29ClN4OS.HI/c1-21-19(22-12-14-6-9-26-10-7-14)23-16-5-8-24(13-16)17-11-15(20)3-4-18(17)25-2;/h3-4,11,14,16H,5-10,12-13H2,1-2H3,(H2,21,22,23);1H. The van der Waals surface area contributed by atoms with Gasteiger partial charge in [-0.15, -0.1) is 24.0 Å². The minimum atomic E-state index is 0. The summed E-state index contributed by atoms with van der Waals surface area (Å²) in [5, 5.41) is 7.83. The van der Waals surface area contributed by atoms with E-state index in [9.17, 15) is 0 Å². The van der Waals surface area contributed by atoms with Crippen molar-refractivity contribution >= 4 is 59.0 Å². The molecule has 2 fully saturated rings. The molecule has 1 unspecified atom stereocenters. The summed E-state index contributed by atoms with van der Waals surface area (Å²) in [5.74, 6) is 5.13. The smallest absolute Gasteiger partial charge is 0.191 e. The lowest BCUT2D eigenvalue weighted by atomic mass is 10.0. The lowest BCUT2D eigenvalue weighted by Crippen LogP contribution is -2.46. The Morgan fingerprint density at radius 2 is 2.11 bits per heavy atom. The monoisotopic (exact) mass is 524 g/mol. The van der Waals surface area contributed by atoms with Crippen molar-refractivity contribution < 1.29 is 4.74 Å². The number of nitrogens with zero attached hydrogens (tertiary/aromatic N) is 2. The van der Waals surface area contributed by atoms with Gasteiger partial charge in [-0.3, -0.25) is 4.99 Å². The molecule has 0 bridgehead atoms. The van der Waals surface area contributed by atoms with E-state index in [0.29, 0.717) is 6.04 Å². The molecule has 0 aromatic heterocycles. The molecule has 2 aliphatic rings. The van der Waals surface area contributed by atoms with Crippen LogP contribution in [0, 0.1) is 5.92 Å². The van der Waals surface area contributed by atoms with Crippen LogP contribution >= 0.6 is 47.3 Å². The largest absolute Gasteiger partial charge is 0.495 e. The quantitative estimate of drug-likeness (QED) is 0.348. The second kappa shape index (κ2) is 11.5. The predicted octanol–water partition coefficient (Wildman–Crippen LogP) is 3.85. The van der Waals surface area contributed by atoms with Crippen LogP contribution < -0.4 is 20.3 Å². The van der Waals surface area contributed by atoms with Gasteiger partial charge in [0.2, 0.25) is 0 Å². The van der Waals surface area contributed by atoms with Gasteiger partial charge in [-0.05, 0) is 54.9 Å². The summed E-state index contributed by atoms with van der Waals surface area (Å²) >= 11 is 8.25. The molecule has 2 aliphatic heterocycles. The third-order valence-electron chi connectivity index (χ3n) is 5.13. The molecule has 0 saturated carbocycles. The average molecular weight is 525 g/mol. The van der Waals surface area contributed by atoms with Gasteiger partial charge in [0.05, 0.1) is 12.8 Å². The van der Waals surface area contributed by atoms with E-state index in [0.717, 1.165) is 54.4 Å². The van der Waals surface area contributed by atoms with E-state index in [1.807, 2.05) is 25.2 Å². The Labute approximate surface area is 189 Å². The van der Waals surface area contributed by atoms with Crippen LogP contribution in [0.1, 0.15) is 19.3 Å². The van der Waals surface area contributed by atoms with Crippen molar-refractivity contribution in [2.24, 2.45) is 10.9 Å². The highest BCUT2D eigenvalue weighted by Crippen LogP contribution is 2.33. The molecule has 1 aromatic carbocycles. The van der Waals surface area contributed by atoms with Gasteiger partial charge in [0, 0.05) is 37.7 Å². The number of anilines is 1. The molecule has 0 radical (unpaired) electrons. The first kappa shape index (κ1) is 22.7. The van der Waals surface area contributed by atoms with Crippen LogP contribution in [0.2, 0.25) is 5.02 Å². The fraction of sp³-hybridized carbons (Fsp3) is 0.632. The van der Waals surface area contributed by atoms with E-state index >= 15 is 0 Å². The average Bonchev–Trinajstić information content (AvgIpc) is 3.14. The first-order valence-corrected chi connectivity index (χ1v) is 10.9. The summed E-state index contributed by atoms with van der Waals surface area (Å²) in [4.78, 5) is 6.73. The first-order valence-electron chi connectivity index (χ1n) is 9.33. The number of methoxy groups -OCH3 is 1. The summed E-state index contributed by atoms with van der Waals surface area (Å²) in [6.07, 6.45) is 3.68. The highest BCUT2D eigenvalue weighted by atomic mass is 127. The normalized spacial score (nSPS) is 20.9. The molecule has 2 N–H and O–H groups in total. The minimum Gasteiger partial charge on any atom is -0.495 e. The number of halogens is 2. The van der Waals surface area contributed by atoms with Gasteiger partial charge in [-0.25, -0.2) is 0 Å². The maximum atomic E-state index is 6.18. The van der Waals surface area contributed by atoms with Gasteiger partial charge in [-0.2, -0.15) is 11.8 Å². The van der Waals surface area contributed by atoms with Crippen molar-refractivity contribution in [2.45, 2.75) is 25.3 Å². The number of benzene rings is 1. The number of hydrogen-bond acceptors (Lipinski definition) is 4. The van der Waals surface area contributed by atoms with Gasteiger partial charge in [-0.1, -0.05) is 11.6 Å². The van der Waals surface area contributed by atoms with E-state index in [4.69, 9.17) is 16.3 Å². The number of hydrogen-bond donors (Lipinski definition) is 2. The molecule has 2 heterocycles. The molecule has 0 aliphatic carbocycles. The number of thioether (sulfide) groups is 1. The SMILES string of the molecule is CN=C(NCC1CCSCC1)NC1CCN(c2cc(Cl)ccc2OC)C1.I. The van der Waals surface area contributed by atoms with E-state index in [2.05, 4.69) is 32.3 Å². The molecule has 152 valence electrons. The zero-order valence-electron chi connectivity index (χ0n) is 16.0. The van der Waals surface area contributed by atoms with Gasteiger partial charge >= 0.3 is 0 Å². The number of nitrogens with one attached hydrogen (secondary N) is 2. The third-order valence-corrected chi connectivity index (χ3v) is 6.42. The molecule has 2 saturated heterocycles. The van der Waals surface area contributed by atoms with Crippen LogP contribution in [0.5, 0.6) is 5.75 Å². The first-order chi connectivity index (χ1) is 12.7. The summed E-state index contributed by atoms with van der Waals surface area (Å²) in [7, 11) is 3.55. The molecule has 1 aromatic rings. The van der Waals surface area contributed by atoms with Crippen molar-refractivity contribution in [2.75, 3.05) is 50.2 Å². The molecule has 1 atom stereocenters. The third kappa shape index (κ3) is 6.49. The van der Waals surface area contributed by atoms with Crippen LogP contribution in [-0.4, -0.2) is 57.3 Å². The van der Waals surface area contributed by atoms with Gasteiger partial charge in [0.15, 0.2) is 5.96 Å². The number of ether oxygens (including phenoxy) is 1. The zero-order valence-corrected chi connectivity index (χ0v) is 19.9. The number of guanidine groups is 1. The number of aliphatic imine (C=N–C) groups is 1.